The Labute approximate surface area is 72.2 Å². The average Bonchev–Trinajstić information content (AvgIpc) is 1.94. The SMILES string of the molecule is C=C(C)Cn1ccc(C)cc1=O. The van der Waals surface area contributed by atoms with Gasteiger partial charge >= 0.3 is 0 Å². The van der Waals surface area contributed by atoms with Gasteiger partial charge < -0.3 is 4.57 Å². The van der Waals surface area contributed by atoms with Gasteiger partial charge in [-0.25, -0.2) is 0 Å². The van der Waals surface area contributed by atoms with Gasteiger partial charge in [0.1, 0.15) is 0 Å². The van der Waals surface area contributed by atoms with Crippen LogP contribution in [0.15, 0.2) is 35.3 Å². The Hall–Kier alpha value is -1.31. The van der Waals surface area contributed by atoms with Crippen LogP contribution in [0.3, 0.4) is 0 Å². The molecule has 2 nitrogen and oxygen atoms in total. The molecule has 0 saturated carbocycles. The molecule has 64 valence electrons. The lowest BCUT2D eigenvalue weighted by Gasteiger charge is -2.04. The molecule has 1 rings (SSSR count). The summed E-state index contributed by atoms with van der Waals surface area (Å²) in [6, 6.07) is 3.55. The van der Waals surface area contributed by atoms with Crippen molar-refractivity contribution >= 4 is 0 Å². The summed E-state index contributed by atoms with van der Waals surface area (Å²) in [6.07, 6.45) is 1.80. The molecule has 1 heterocycles. The molecular weight excluding hydrogens is 150 g/mol. The molecule has 0 saturated heterocycles. The van der Waals surface area contributed by atoms with Gasteiger partial charge in [-0.15, -0.1) is 0 Å². The third kappa shape index (κ3) is 2.09. The lowest BCUT2D eigenvalue weighted by Crippen LogP contribution is -2.18. The monoisotopic (exact) mass is 163 g/mol. The molecular formula is C10H13NO. The fourth-order valence-corrected chi connectivity index (χ4v) is 1.03. The van der Waals surface area contributed by atoms with Gasteiger partial charge in [-0.3, -0.25) is 4.79 Å². The van der Waals surface area contributed by atoms with Gasteiger partial charge in [0.15, 0.2) is 0 Å². The highest BCUT2D eigenvalue weighted by atomic mass is 16.1. The van der Waals surface area contributed by atoms with E-state index in [1.54, 1.807) is 16.8 Å². The zero-order valence-electron chi connectivity index (χ0n) is 7.50. The molecule has 0 aliphatic rings. The maximum absolute atomic E-state index is 11.3. The molecule has 0 aliphatic heterocycles. The summed E-state index contributed by atoms with van der Waals surface area (Å²) in [5.74, 6) is 0. The number of hydrogen-bond acceptors (Lipinski definition) is 1. The minimum Gasteiger partial charge on any atom is -0.311 e. The fourth-order valence-electron chi connectivity index (χ4n) is 1.03. The first kappa shape index (κ1) is 8.78. The van der Waals surface area contributed by atoms with Gasteiger partial charge in [-0.2, -0.15) is 0 Å². The van der Waals surface area contributed by atoms with E-state index in [0.717, 1.165) is 11.1 Å². The lowest BCUT2D eigenvalue weighted by molar-refractivity contribution is 0.746. The quantitative estimate of drug-likeness (QED) is 0.608. The lowest BCUT2D eigenvalue weighted by atomic mass is 10.3. The van der Waals surface area contributed by atoms with Crippen molar-refractivity contribution in [1.29, 1.82) is 0 Å². The van der Waals surface area contributed by atoms with Gasteiger partial charge in [-0.1, -0.05) is 12.2 Å². The van der Waals surface area contributed by atoms with Crippen LogP contribution in [0.25, 0.3) is 0 Å². The van der Waals surface area contributed by atoms with Crippen molar-refractivity contribution in [3.63, 3.8) is 0 Å². The van der Waals surface area contributed by atoms with Crippen LogP contribution in [0.2, 0.25) is 0 Å². The van der Waals surface area contributed by atoms with E-state index in [1.165, 1.54) is 0 Å². The summed E-state index contributed by atoms with van der Waals surface area (Å²) in [5.41, 5.74) is 2.02. The zero-order chi connectivity index (χ0) is 9.14. The summed E-state index contributed by atoms with van der Waals surface area (Å²) < 4.78 is 1.65. The van der Waals surface area contributed by atoms with E-state index >= 15 is 0 Å². The topological polar surface area (TPSA) is 22.0 Å². The second-order valence-electron chi connectivity index (χ2n) is 3.13. The van der Waals surface area contributed by atoms with Crippen molar-refractivity contribution in [2.75, 3.05) is 0 Å². The van der Waals surface area contributed by atoms with E-state index in [4.69, 9.17) is 0 Å². The van der Waals surface area contributed by atoms with Crippen LogP contribution in [0.4, 0.5) is 0 Å². The molecule has 2 heteroatoms. The molecule has 0 bridgehead atoms. The fraction of sp³-hybridized carbons (Fsp3) is 0.300. The second kappa shape index (κ2) is 3.39. The molecule has 12 heavy (non-hydrogen) atoms. The van der Waals surface area contributed by atoms with Gasteiger partial charge in [0.25, 0.3) is 5.56 Å². The number of pyridine rings is 1. The van der Waals surface area contributed by atoms with Crippen LogP contribution < -0.4 is 5.56 Å². The van der Waals surface area contributed by atoms with Crippen LogP contribution in [0.1, 0.15) is 12.5 Å². The normalized spacial score (nSPS) is 9.83. The maximum Gasteiger partial charge on any atom is 0.251 e. The van der Waals surface area contributed by atoms with Crippen molar-refractivity contribution in [3.05, 3.63) is 46.4 Å². The summed E-state index contributed by atoms with van der Waals surface area (Å²) >= 11 is 0. The van der Waals surface area contributed by atoms with E-state index in [0.29, 0.717) is 6.54 Å². The molecule has 0 spiro atoms. The van der Waals surface area contributed by atoms with Crippen LogP contribution in [0, 0.1) is 6.92 Å². The molecule has 0 unspecified atom stereocenters. The van der Waals surface area contributed by atoms with E-state index in [-0.39, 0.29) is 5.56 Å². The van der Waals surface area contributed by atoms with Crippen molar-refractivity contribution in [2.24, 2.45) is 0 Å². The third-order valence-corrected chi connectivity index (χ3v) is 1.59. The molecule has 0 fully saturated rings. The number of allylic oxidation sites excluding steroid dienone is 1. The minimum absolute atomic E-state index is 0.0398. The standard InChI is InChI=1S/C10H13NO/c1-8(2)7-11-5-4-9(3)6-10(11)12/h4-6H,1,7H2,2-3H3. The smallest absolute Gasteiger partial charge is 0.251 e. The van der Waals surface area contributed by atoms with Crippen molar-refractivity contribution in [1.82, 2.24) is 4.57 Å². The number of rotatable bonds is 2. The Kier molecular flexibility index (Phi) is 2.48. The first-order valence-electron chi connectivity index (χ1n) is 3.91. The summed E-state index contributed by atoms with van der Waals surface area (Å²) in [5, 5.41) is 0. The highest BCUT2D eigenvalue weighted by Crippen LogP contribution is 1.94. The largest absolute Gasteiger partial charge is 0.311 e. The Morgan fingerprint density at radius 3 is 2.83 bits per heavy atom. The first-order valence-corrected chi connectivity index (χ1v) is 3.91. The molecule has 1 aromatic heterocycles. The zero-order valence-corrected chi connectivity index (χ0v) is 7.50. The van der Waals surface area contributed by atoms with E-state index in [1.807, 2.05) is 19.9 Å². The number of hydrogen-bond donors (Lipinski definition) is 0. The van der Waals surface area contributed by atoms with Crippen molar-refractivity contribution in [2.45, 2.75) is 20.4 Å². The number of nitrogens with zero attached hydrogens (tertiary/aromatic N) is 1. The van der Waals surface area contributed by atoms with Crippen LogP contribution in [-0.4, -0.2) is 4.57 Å². The Morgan fingerprint density at radius 1 is 1.67 bits per heavy atom. The molecule has 0 radical (unpaired) electrons. The van der Waals surface area contributed by atoms with E-state index in [9.17, 15) is 4.79 Å². The van der Waals surface area contributed by atoms with Crippen molar-refractivity contribution in [3.8, 4) is 0 Å². The third-order valence-electron chi connectivity index (χ3n) is 1.59. The van der Waals surface area contributed by atoms with Crippen LogP contribution in [0.5, 0.6) is 0 Å². The Bertz CT molecular complexity index is 349. The number of aryl methyl sites for hydroxylation is 1. The van der Waals surface area contributed by atoms with Gasteiger partial charge in [0.2, 0.25) is 0 Å². The second-order valence-corrected chi connectivity index (χ2v) is 3.13. The molecule has 0 atom stereocenters. The Balaban J connectivity index is 3.02. The summed E-state index contributed by atoms with van der Waals surface area (Å²) in [6.45, 7) is 8.18. The highest BCUT2D eigenvalue weighted by Gasteiger charge is 1.94. The van der Waals surface area contributed by atoms with Crippen LogP contribution >= 0.6 is 0 Å². The predicted octanol–water partition coefficient (Wildman–Crippen LogP) is 1.73. The summed E-state index contributed by atoms with van der Waals surface area (Å²) in [7, 11) is 0. The van der Waals surface area contributed by atoms with Crippen molar-refractivity contribution < 1.29 is 0 Å². The van der Waals surface area contributed by atoms with Gasteiger partial charge in [-0.05, 0) is 25.5 Å². The van der Waals surface area contributed by atoms with Crippen LogP contribution in [-0.2, 0) is 6.54 Å². The number of aromatic nitrogens is 1. The Morgan fingerprint density at radius 2 is 2.33 bits per heavy atom. The molecule has 0 aromatic carbocycles. The highest BCUT2D eigenvalue weighted by molar-refractivity contribution is 5.09. The van der Waals surface area contributed by atoms with E-state index in [2.05, 4.69) is 6.58 Å². The van der Waals surface area contributed by atoms with Gasteiger partial charge in [0.05, 0.1) is 0 Å². The first-order chi connectivity index (χ1) is 5.59. The van der Waals surface area contributed by atoms with E-state index < -0.39 is 0 Å². The molecule has 1 aromatic rings. The summed E-state index contributed by atoms with van der Waals surface area (Å²) in [4.78, 5) is 11.3. The molecule has 0 amide bonds. The minimum atomic E-state index is 0.0398. The molecule has 0 N–H and O–H groups in total. The predicted molar refractivity (Wildman–Crippen MR) is 50.3 cm³/mol. The maximum atomic E-state index is 11.3. The average molecular weight is 163 g/mol. The van der Waals surface area contributed by atoms with Gasteiger partial charge in [0, 0.05) is 18.8 Å². The molecule has 0 aliphatic carbocycles.